The van der Waals surface area contributed by atoms with Crippen LogP contribution in [0, 0.1) is 13.8 Å². The molecule has 1 aromatic heterocycles. The van der Waals surface area contributed by atoms with E-state index in [0.717, 1.165) is 34.2 Å². The summed E-state index contributed by atoms with van der Waals surface area (Å²) in [5.74, 6) is 0.661. The van der Waals surface area contributed by atoms with Gasteiger partial charge in [0.05, 0.1) is 17.6 Å². The lowest BCUT2D eigenvalue weighted by Crippen LogP contribution is -2.24. The average molecular weight is 335 g/mol. The second kappa shape index (κ2) is 5.92. The summed E-state index contributed by atoms with van der Waals surface area (Å²) in [5.41, 5.74) is 6.17. The molecule has 128 valence electrons. The molecule has 5 heteroatoms. The minimum atomic E-state index is -0.0583. The lowest BCUT2D eigenvalue weighted by molar-refractivity contribution is 0.0957. The van der Waals surface area contributed by atoms with Crippen molar-refractivity contribution in [3.05, 3.63) is 58.3 Å². The van der Waals surface area contributed by atoms with Crippen LogP contribution >= 0.6 is 0 Å². The largest absolute Gasteiger partial charge is 0.491 e. The molecule has 0 bridgehead atoms. The lowest BCUT2D eigenvalue weighted by Gasteiger charge is -2.16. The third-order valence-corrected chi connectivity index (χ3v) is 4.91. The fourth-order valence-electron chi connectivity index (χ4n) is 3.43. The van der Waals surface area contributed by atoms with Gasteiger partial charge in [0.25, 0.3) is 5.91 Å². The first-order valence-electron chi connectivity index (χ1n) is 8.49. The van der Waals surface area contributed by atoms with E-state index in [1.165, 1.54) is 11.1 Å². The van der Waals surface area contributed by atoms with E-state index in [4.69, 9.17) is 4.74 Å². The van der Waals surface area contributed by atoms with Crippen LogP contribution in [0.25, 0.3) is 10.9 Å². The van der Waals surface area contributed by atoms with Gasteiger partial charge in [-0.2, -0.15) is 5.10 Å². The number of aromatic nitrogens is 2. The predicted molar refractivity (Wildman–Crippen MR) is 97.3 cm³/mol. The van der Waals surface area contributed by atoms with Gasteiger partial charge in [-0.15, -0.1) is 0 Å². The van der Waals surface area contributed by atoms with E-state index >= 15 is 0 Å². The Kier molecular flexibility index (Phi) is 3.71. The zero-order valence-electron chi connectivity index (χ0n) is 14.7. The Morgan fingerprint density at radius 3 is 2.92 bits per heavy atom. The third-order valence-electron chi connectivity index (χ3n) is 4.91. The van der Waals surface area contributed by atoms with E-state index in [0.29, 0.717) is 18.7 Å². The Morgan fingerprint density at radius 2 is 2.08 bits per heavy atom. The van der Waals surface area contributed by atoms with Crippen LogP contribution in [0.4, 0.5) is 0 Å². The monoisotopic (exact) mass is 335 g/mol. The molecule has 4 rings (SSSR count). The number of nitrogens with one attached hydrogen (secondary N) is 1. The van der Waals surface area contributed by atoms with E-state index in [-0.39, 0.29) is 5.91 Å². The highest BCUT2D eigenvalue weighted by Gasteiger charge is 2.21. The maximum Gasteiger partial charge on any atom is 0.255 e. The standard InChI is InChI=1S/C20H21N3O2/c1-12-13(2)19-17(20(24)21-6-7-25-19)10-16(12)8-14-4-5-15-11-23(3)22-18(15)9-14/h4-5,9-11H,6-8H2,1-3H3,(H,21,24). The number of rotatable bonds is 2. The number of nitrogens with zero attached hydrogens (tertiary/aromatic N) is 2. The van der Waals surface area contributed by atoms with Gasteiger partial charge < -0.3 is 10.1 Å². The molecule has 0 aliphatic carbocycles. The van der Waals surface area contributed by atoms with Gasteiger partial charge in [-0.05, 0) is 54.7 Å². The molecule has 1 amide bonds. The molecular weight excluding hydrogens is 314 g/mol. The number of carbonyl (C=O) groups is 1. The number of hydrogen-bond acceptors (Lipinski definition) is 3. The third kappa shape index (κ3) is 2.76. The van der Waals surface area contributed by atoms with Gasteiger partial charge in [0.15, 0.2) is 0 Å². The topological polar surface area (TPSA) is 56.1 Å². The number of carbonyl (C=O) groups excluding carboxylic acids is 1. The van der Waals surface area contributed by atoms with Gasteiger partial charge in [-0.1, -0.05) is 12.1 Å². The van der Waals surface area contributed by atoms with Crippen LogP contribution < -0.4 is 10.1 Å². The fraction of sp³-hybridized carbons (Fsp3) is 0.300. The Balaban J connectivity index is 1.76. The quantitative estimate of drug-likeness (QED) is 0.783. The van der Waals surface area contributed by atoms with E-state index in [9.17, 15) is 4.79 Å². The van der Waals surface area contributed by atoms with Crippen LogP contribution in [-0.4, -0.2) is 28.8 Å². The molecule has 0 saturated carbocycles. The Hall–Kier alpha value is -2.82. The van der Waals surface area contributed by atoms with Crippen LogP contribution in [0.5, 0.6) is 5.75 Å². The summed E-state index contributed by atoms with van der Waals surface area (Å²) in [5, 5.41) is 8.50. The summed E-state index contributed by atoms with van der Waals surface area (Å²) in [6.45, 7) is 5.17. The maximum absolute atomic E-state index is 12.3. The Bertz CT molecular complexity index is 988. The highest BCUT2D eigenvalue weighted by Crippen LogP contribution is 2.31. The molecule has 1 aliphatic rings. The first-order chi connectivity index (χ1) is 12.0. The predicted octanol–water partition coefficient (Wildman–Crippen LogP) is 2.90. The summed E-state index contributed by atoms with van der Waals surface area (Å²) in [6.07, 6.45) is 2.78. The van der Waals surface area contributed by atoms with Crippen molar-refractivity contribution in [1.29, 1.82) is 0 Å². The van der Waals surface area contributed by atoms with Gasteiger partial charge in [0, 0.05) is 18.6 Å². The minimum absolute atomic E-state index is 0.0583. The molecule has 0 unspecified atom stereocenters. The molecule has 0 fully saturated rings. The summed E-state index contributed by atoms with van der Waals surface area (Å²) in [6, 6.07) is 8.31. The van der Waals surface area contributed by atoms with E-state index in [1.54, 1.807) is 0 Å². The number of ether oxygens (including phenoxy) is 1. The van der Waals surface area contributed by atoms with Crippen molar-refractivity contribution in [3.63, 3.8) is 0 Å². The van der Waals surface area contributed by atoms with Crippen molar-refractivity contribution in [2.75, 3.05) is 13.2 Å². The Morgan fingerprint density at radius 1 is 1.24 bits per heavy atom. The van der Waals surface area contributed by atoms with Crippen LogP contribution in [0.3, 0.4) is 0 Å². The van der Waals surface area contributed by atoms with E-state index < -0.39 is 0 Å². The first-order valence-corrected chi connectivity index (χ1v) is 8.49. The smallest absolute Gasteiger partial charge is 0.255 e. The summed E-state index contributed by atoms with van der Waals surface area (Å²) in [4.78, 5) is 12.3. The van der Waals surface area contributed by atoms with Crippen LogP contribution in [0.1, 0.15) is 32.6 Å². The molecule has 1 N–H and O–H groups in total. The summed E-state index contributed by atoms with van der Waals surface area (Å²) in [7, 11) is 1.93. The van der Waals surface area contributed by atoms with Gasteiger partial charge in [0.1, 0.15) is 12.4 Å². The van der Waals surface area contributed by atoms with Gasteiger partial charge in [0.2, 0.25) is 0 Å². The number of fused-ring (bicyclic) bond motifs is 2. The van der Waals surface area contributed by atoms with E-state index in [2.05, 4.69) is 35.5 Å². The van der Waals surface area contributed by atoms with Crippen molar-refractivity contribution in [2.24, 2.45) is 7.05 Å². The fourth-order valence-corrected chi connectivity index (χ4v) is 3.43. The number of aryl methyl sites for hydroxylation is 1. The molecule has 0 atom stereocenters. The Labute approximate surface area is 146 Å². The number of amides is 1. The van der Waals surface area contributed by atoms with Crippen molar-refractivity contribution in [2.45, 2.75) is 20.3 Å². The molecule has 0 radical (unpaired) electrons. The molecule has 2 heterocycles. The molecule has 5 nitrogen and oxygen atoms in total. The van der Waals surface area contributed by atoms with E-state index in [1.807, 2.05) is 30.9 Å². The molecule has 1 aliphatic heterocycles. The zero-order valence-corrected chi connectivity index (χ0v) is 14.7. The van der Waals surface area contributed by atoms with Crippen molar-refractivity contribution in [3.8, 4) is 5.75 Å². The zero-order chi connectivity index (χ0) is 17.6. The van der Waals surface area contributed by atoms with Crippen molar-refractivity contribution < 1.29 is 9.53 Å². The maximum atomic E-state index is 12.3. The van der Waals surface area contributed by atoms with Crippen LogP contribution in [-0.2, 0) is 13.5 Å². The highest BCUT2D eigenvalue weighted by molar-refractivity contribution is 5.98. The first kappa shape index (κ1) is 15.7. The SMILES string of the molecule is Cc1c(Cc2ccc3cn(C)nc3c2)cc2c(c1C)OCCNC2=O. The molecule has 0 saturated heterocycles. The van der Waals surface area contributed by atoms with Gasteiger partial charge in [-0.3, -0.25) is 9.48 Å². The van der Waals surface area contributed by atoms with Crippen molar-refractivity contribution in [1.82, 2.24) is 15.1 Å². The van der Waals surface area contributed by atoms with Crippen LogP contribution in [0.2, 0.25) is 0 Å². The molecular formula is C20H21N3O2. The minimum Gasteiger partial charge on any atom is -0.491 e. The highest BCUT2D eigenvalue weighted by atomic mass is 16.5. The average Bonchev–Trinajstić information content (AvgIpc) is 2.85. The second-order valence-electron chi connectivity index (χ2n) is 6.64. The summed E-state index contributed by atoms with van der Waals surface area (Å²) >= 11 is 0. The molecule has 25 heavy (non-hydrogen) atoms. The van der Waals surface area contributed by atoms with Gasteiger partial charge >= 0.3 is 0 Å². The normalized spacial score (nSPS) is 14.0. The van der Waals surface area contributed by atoms with Crippen molar-refractivity contribution >= 4 is 16.8 Å². The molecule has 3 aromatic rings. The number of benzene rings is 2. The lowest BCUT2D eigenvalue weighted by atomic mass is 9.93. The van der Waals surface area contributed by atoms with Crippen LogP contribution in [0.15, 0.2) is 30.5 Å². The second-order valence-corrected chi connectivity index (χ2v) is 6.64. The number of hydrogen-bond donors (Lipinski definition) is 1. The van der Waals surface area contributed by atoms with Gasteiger partial charge in [-0.25, -0.2) is 0 Å². The molecule has 0 spiro atoms. The molecule has 2 aromatic carbocycles. The summed E-state index contributed by atoms with van der Waals surface area (Å²) < 4.78 is 7.63.